The first-order chi connectivity index (χ1) is 12.1. The molecule has 0 aromatic heterocycles. The van der Waals surface area contributed by atoms with Crippen LogP contribution in [-0.4, -0.2) is 40.8 Å². The summed E-state index contributed by atoms with van der Waals surface area (Å²) in [6, 6.07) is 12.9. The number of nitrogens with zero attached hydrogens (tertiary/aromatic N) is 1. The maximum Gasteiger partial charge on any atom is 0.252 e. The Hall–Kier alpha value is -3.13. The van der Waals surface area contributed by atoms with Gasteiger partial charge in [0.2, 0.25) is 0 Å². The second-order valence-corrected chi connectivity index (χ2v) is 5.47. The van der Waals surface area contributed by atoms with Crippen molar-refractivity contribution in [2.24, 2.45) is 0 Å². The molecule has 5 heteroatoms. The fourth-order valence-corrected chi connectivity index (χ4v) is 2.31. The van der Waals surface area contributed by atoms with Crippen LogP contribution >= 0.6 is 0 Å². The van der Waals surface area contributed by atoms with Crippen molar-refractivity contribution in [1.82, 2.24) is 5.32 Å². The van der Waals surface area contributed by atoms with E-state index in [4.69, 9.17) is 9.47 Å². The molecule has 25 heavy (non-hydrogen) atoms. The smallest absolute Gasteiger partial charge is 0.252 e. The van der Waals surface area contributed by atoms with Crippen LogP contribution in [0.2, 0.25) is 0 Å². The van der Waals surface area contributed by atoms with Crippen LogP contribution in [-0.2, 0) is 0 Å². The molecule has 0 aliphatic rings. The van der Waals surface area contributed by atoms with Gasteiger partial charge in [0.05, 0.1) is 26.5 Å². The van der Waals surface area contributed by atoms with Gasteiger partial charge in [-0.1, -0.05) is 24.0 Å². The number of rotatable bonds is 5. The molecule has 5 nitrogen and oxygen atoms in total. The Labute approximate surface area is 148 Å². The van der Waals surface area contributed by atoms with E-state index in [0.29, 0.717) is 17.1 Å². The van der Waals surface area contributed by atoms with Crippen molar-refractivity contribution in [2.75, 3.05) is 39.8 Å². The van der Waals surface area contributed by atoms with Gasteiger partial charge >= 0.3 is 0 Å². The summed E-state index contributed by atoms with van der Waals surface area (Å²) in [6.45, 7) is 0.259. The van der Waals surface area contributed by atoms with Gasteiger partial charge in [-0.05, 0) is 30.3 Å². The minimum Gasteiger partial charge on any atom is -0.493 e. The number of hydrogen-bond acceptors (Lipinski definition) is 4. The van der Waals surface area contributed by atoms with Crippen molar-refractivity contribution in [3.05, 3.63) is 53.6 Å². The van der Waals surface area contributed by atoms with Gasteiger partial charge in [-0.2, -0.15) is 0 Å². The number of ether oxygens (including phenoxy) is 2. The summed E-state index contributed by atoms with van der Waals surface area (Å²) in [5.41, 5.74) is 2.46. The van der Waals surface area contributed by atoms with Crippen molar-refractivity contribution in [2.45, 2.75) is 0 Å². The lowest BCUT2D eigenvalue weighted by molar-refractivity contribution is 0.0958. The van der Waals surface area contributed by atoms with Crippen LogP contribution in [0.4, 0.5) is 5.69 Å². The Morgan fingerprint density at radius 2 is 1.80 bits per heavy atom. The number of hydrogen-bond donors (Lipinski definition) is 1. The summed E-state index contributed by atoms with van der Waals surface area (Å²) < 4.78 is 10.4. The third kappa shape index (κ3) is 4.67. The summed E-state index contributed by atoms with van der Waals surface area (Å²) in [4.78, 5) is 14.2. The minimum absolute atomic E-state index is 0.212. The molecule has 2 aromatic carbocycles. The van der Waals surface area contributed by atoms with Crippen molar-refractivity contribution in [3.8, 4) is 23.3 Å². The summed E-state index contributed by atoms with van der Waals surface area (Å²) in [5, 5.41) is 2.78. The SMILES string of the molecule is COc1ccc(C(=O)NCC#Cc2ccccc2N(C)C)cc1OC. The van der Waals surface area contributed by atoms with E-state index in [9.17, 15) is 4.79 Å². The Morgan fingerprint density at radius 3 is 2.48 bits per heavy atom. The number of carbonyl (C=O) groups excluding carboxylic acids is 1. The van der Waals surface area contributed by atoms with E-state index in [0.717, 1.165) is 11.3 Å². The van der Waals surface area contributed by atoms with Crippen LogP contribution in [0.25, 0.3) is 0 Å². The van der Waals surface area contributed by atoms with E-state index in [2.05, 4.69) is 17.2 Å². The highest BCUT2D eigenvalue weighted by molar-refractivity contribution is 5.95. The number of carbonyl (C=O) groups is 1. The molecule has 0 atom stereocenters. The predicted octanol–water partition coefficient (Wildman–Crippen LogP) is 2.55. The highest BCUT2D eigenvalue weighted by Crippen LogP contribution is 2.27. The first-order valence-electron chi connectivity index (χ1n) is 7.82. The molecule has 0 unspecified atom stereocenters. The number of anilines is 1. The average Bonchev–Trinajstić information content (AvgIpc) is 2.64. The topological polar surface area (TPSA) is 50.8 Å². The lowest BCUT2D eigenvalue weighted by atomic mass is 10.1. The zero-order chi connectivity index (χ0) is 18.2. The molecule has 1 N–H and O–H groups in total. The first kappa shape index (κ1) is 18.2. The molecule has 2 rings (SSSR count). The maximum atomic E-state index is 12.2. The first-order valence-corrected chi connectivity index (χ1v) is 7.82. The third-order valence-corrected chi connectivity index (χ3v) is 3.59. The zero-order valence-electron chi connectivity index (χ0n) is 14.9. The van der Waals surface area contributed by atoms with Crippen LogP contribution in [0.1, 0.15) is 15.9 Å². The number of benzene rings is 2. The molecular formula is C20H22N2O3. The van der Waals surface area contributed by atoms with Gasteiger partial charge in [-0.15, -0.1) is 0 Å². The molecule has 0 bridgehead atoms. The molecule has 2 aromatic rings. The lowest BCUT2D eigenvalue weighted by Gasteiger charge is -2.13. The predicted molar refractivity (Wildman–Crippen MR) is 99.5 cm³/mol. The van der Waals surface area contributed by atoms with Crippen molar-refractivity contribution >= 4 is 11.6 Å². The molecule has 0 aliphatic carbocycles. The van der Waals surface area contributed by atoms with E-state index in [1.165, 1.54) is 7.11 Å². The van der Waals surface area contributed by atoms with E-state index >= 15 is 0 Å². The van der Waals surface area contributed by atoms with Crippen molar-refractivity contribution in [1.29, 1.82) is 0 Å². The number of amides is 1. The molecule has 130 valence electrons. The number of nitrogens with one attached hydrogen (secondary N) is 1. The van der Waals surface area contributed by atoms with Crippen LogP contribution < -0.4 is 19.7 Å². The van der Waals surface area contributed by atoms with Crippen LogP contribution in [0.15, 0.2) is 42.5 Å². The van der Waals surface area contributed by atoms with E-state index in [-0.39, 0.29) is 12.5 Å². The Kier molecular flexibility index (Phi) is 6.30. The van der Waals surface area contributed by atoms with Crippen molar-refractivity contribution in [3.63, 3.8) is 0 Å². The molecular weight excluding hydrogens is 316 g/mol. The molecule has 0 heterocycles. The summed E-state index contributed by atoms with van der Waals surface area (Å²) in [7, 11) is 7.03. The summed E-state index contributed by atoms with van der Waals surface area (Å²) >= 11 is 0. The second-order valence-electron chi connectivity index (χ2n) is 5.47. The monoisotopic (exact) mass is 338 g/mol. The molecule has 0 spiro atoms. The van der Waals surface area contributed by atoms with Crippen LogP contribution in [0.5, 0.6) is 11.5 Å². The Bertz CT molecular complexity index is 804. The highest BCUT2D eigenvalue weighted by Gasteiger charge is 2.09. The molecule has 0 saturated carbocycles. The van der Waals surface area contributed by atoms with Gasteiger partial charge in [0.15, 0.2) is 11.5 Å². The quantitative estimate of drug-likeness (QED) is 0.852. The highest BCUT2D eigenvalue weighted by atomic mass is 16.5. The molecule has 0 radical (unpaired) electrons. The van der Waals surface area contributed by atoms with Crippen LogP contribution in [0.3, 0.4) is 0 Å². The van der Waals surface area contributed by atoms with E-state index < -0.39 is 0 Å². The standard InChI is InChI=1S/C20H22N2O3/c1-22(2)17-10-6-5-8-15(17)9-7-13-21-20(23)16-11-12-18(24-3)19(14-16)25-4/h5-6,8,10-12,14H,13H2,1-4H3,(H,21,23). The molecule has 1 amide bonds. The second kappa shape index (κ2) is 8.65. The minimum atomic E-state index is -0.212. The van der Waals surface area contributed by atoms with Gasteiger partial charge in [0, 0.05) is 25.2 Å². The Balaban J connectivity index is 2.03. The van der Waals surface area contributed by atoms with Crippen LogP contribution in [0, 0.1) is 11.8 Å². The van der Waals surface area contributed by atoms with Gasteiger partial charge in [-0.25, -0.2) is 0 Å². The number of methoxy groups -OCH3 is 2. The van der Waals surface area contributed by atoms with Gasteiger partial charge in [-0.3, -0.25) is 4.79 Å². The lowest BCUT2D eigenvalue weighted by Crippen LogP contribution is -2.23. The Morgan fingerprint density at radius 1 is 1.08 bits per heavy atom. The van der Waals surface area contributed by atoms with Gasteiger partial charge in [0.25, 0.3) is 5.91 Å². The van der Waals surface area contributed by atoms with E-state index in [1.807, 2.05) is 43.3 Å². The largest absolute Gasteiger partial charge is 0.493 e. The normalized spacial score (nSPS) is 9.60. The summed E-state index contributed by atoms with van der Waals surface area (Å²) in [5.74, 6) is 6.96. The zero-order valence-corrected chi connectivity index (χ0v) is 14.9. The molecule has 0 saturated heterocycles. The maximum absolute atomic E-state index is 12.2. The molecule has 0 fully saturated rings. The van der Waals surface area contributed by atoms with Crippen molar-refractivity contribution < 1.29 is 14.3 Å². The molecule has 0 aliphatic heterocycles. The average molecular weight is 338 g/mol. The fraction of sp³-hybridized carbons (Fsp3) is 0.250. The van der Waals surface area contributed by atoms with E-state index in [1.54, 1.807) is 25.3 Å². The fourth-order valence-electron chi connectivity index (χ4n) is 2.31. The van der Waals surface area contributed by atoms with Gasteiger partial charge in [0.1, 0.15) is 0 Å². The van der Waals surface area contributed by atoms with Gasteiger partial charge < -0.3 is 19.7 Å². The summed E-state index contributed by atoms with van der Waals surface area (Å²) in [6.07, 6.45) is 0. The third-order valence-electron chi connectivity index (χ3n) is 3.59. The number of para-hydroxylation sites is 1.